The lowest BCUT2D eigenvalue weighted by molar-refractivity contribution is -0.149. The van der Waals surface area contributed by atoms with E-state index in [1.807, 2.05) is 6.07 Å². The molecule has 2 aromatic carbocycles. The van der Waals surface area contributed by atoms with E-state index in [0.29, 0.717) is 5.69 Å². The monoisotopic (exact) mass is 342 g/mol. The Labute approximate surface area is 143 Å². The molecule has 0 fully saturated rings. The van der Waals surface area contributed by atoms with E-state index >= 15 is 0 Å². The average Bonchev–Trinajstić information content (AvgIpc) is 2.60. The maximum atomic E-state index is 13.0. The third-order valence-corrected chi connectivity index (χ3v) is 3.04. The van der Waals surface area contributed by atoms with Gasteiger partial charge >= 0.3 is 5.97 Å². The molecule has 1 amide bonds. The SMILES string of the molecule is N#CCc1ccc(NC(=O)COC(=O)COc2cccc(F)c2)cc1. The van der Waals surface area contributed by atoms with Crippen LogP contribution in [0, 0.1) is 17.1 Å². The molecule has 7 heteroatoms. The summed E-state index contributed by atoms with van der Waals surface area (Å²) >= 11 is 0. The molecule has 0 heterocycles. The van der Waals surface area contributed by atoms with Crippen LogP contribution in [0.2, 0.25) is 0 Å². The Hall–Kier alpha value is -3.40. The molecule has 1 N–H and O–H groups in total. The standard InChI is InChI=1S/C18H15FN2O4/c19-14-2-1-3-16(10-14)24-12-18(23)25-11-17(22)21-15-6-4-13(5-7-15)8-9-20/h1-7,10H,8,11-12H2,(H,21,22). The van der Waals surface area contributed by atoms with Gasteiger partial charge in [-0.25, -0.2) is 9.18 Å². The van der Waals surface area contributed by atoms with Gasteiger partial charge in [0.1, 0.15) is 11.6 Å². The summed E-state index contributed by atoms with van der Waals surface area (Å²) in [6, 6.07) is 14.1. The third kappa shape index (κ3) is 6.31. The summed E-state index contributed by atoms with van der Waals surface area (Å²) in [6.07, 6.45) is 0.289. The fraction of sp³-hybridized carbons (Fsp3) is 0.167. The number of anilines is 1. The number of amides is 1. The molecule has 0 aliphatic heterocycles. The number of rotatable bonds is 7. The lowest BCUT2D eigenvalue weighted by atomic mass is 10.1. The van der Waals surface area contributed by atoms with E-state index in [4.69, 9.17) is 14.7 Å². The number of ether oxygens (including phenoxy) is 2. The summed E-state index contributed by atoms with van der Waals surface area (Å²) in [6.45, 7) is -0.898. The first kappa shape index (κ1) is 17.9. The Morgan fingerprint density at radius 2 is 1.88 bits per heavy atom. The molecular weight excluding hydrogens is 327 g/mol. The van der Waals surface area contributed by atoms with E-state index < -0.39 is 30.9 Å². The Bertz CT molecular complexity index is 784. The Kier molecular flexibility index (Phi) is 6.48. The van der Waals surface area contributed by atoms with Crippen molar-refractivity contribution in [3.8, 4) is 11.8 Å². The summed E-state index contributed by atoms with van der Waals surface area (Å²) < 4.78 is 22.8. The topological polar surface area (TPSA) is 88.4 Å². The number of esters is 1. The molecule has 0 unspecified atom stereocenters. The van der Waals surface area contributed by atoms with Crippen LogP contribution in [0.15, 0.2) is 48.5 Å². The lowest BCUT2D eigenvalue weighted by Crippen LogP contribution is -2.23. The first-order valence-corrected chi connectivity index (χ1v) is 7.36. The van der Waals surface area contributed by atoms with E-state index in [9.17, 15) is 14.0 Å². The van der Waals surface area contributed by atoms with Gasteiger partial charge in [0.25, 0.3) is 5.91 Å². The maximum absolute atomic E-state index is 13.0. The molecule has 2 aromatic rings. The Morgan fingerprint density at radius 3 is 2.56 bits per heavy atom. The van der Waals surface area contributed by atoms with Crippen LogP contribution >= 0.6 is 0 Å². The van der Waals surface area contributed by atoms with E-state index in [2.05, 4.69) is 5.32 Å². The van der Waals surface area contributed by atoms with E-state index in [1.54, 1.807) is 24.3 Å². The van der Waals surface area contributed by atoms with Crippen LogP contribution in [0.1, 0.15) is 5.56 Å². The first-order valence-electron chi connectivity index (χ1n) is 7.36. The van der Waals surface area contributed by atoms with Gasteiger partial charge in [0.15, 0.2) is 13.2 Å². The smallest absolute Gasteiger partial charge is 0.344 e. The molecule has 0 aliphatic rings. The van der Waals surface area contributed by atoms with Crippen molar-refractivity contribution in [2.24, 2.45) is 0 Å². The molecule has 0 aromatic heterocycles. The zero-order chi connectivity index (χ0) is 18.1. The highest BCUT2D eigenvalue weighted by atomic mass is 19.1. The molecule has 25 heavy (non-hydrogen) atoms. The molecule has 2 rings (SSSR count). The van der Waals surface area contributed by atoms with Crippen molar-refractivity contribution >= 4 is 17.6 Å². The van der Waals surface area contributed by atoms with Gasteiger partial charge in [0.2, 0.25) is 0 Å². The van der Waals surface area contributed by atoms with Gasteiger partial charge in [-0.3, -0.25) is 4.79 Å². The average molecular weight is 342 g/mol. The molecule has 0 saturated heterocycles. The number of halogens is 1. The van der Waals surface area contributed by atoms with Crippen LogP contribution in [0.3, 0.4) is 0 Å². The van der Waals surface area contributed by atoms with E-state index in [0.717, 1.165) is 11.6 Å². The van der Waals surface area contributed by atoms with E-state index in [1.165, 1.54) is 18.2 Å². The number of nitrogens with one attached hydrogen (secondary N) is 1. The van der Waals surface area contributed by atoms with Crippen LogP contribution in [0.4, 0.5) is 10.1 Å². The number of carbonyl (C=O) groups excluding carboxylic acids is 2. The summed E-state index contributed by atoms with van der Waals surface area (Å²) in [5, 5.41) is 11.1. The summed E-state index contributed by atoms with van der Waals surface area (Å²) in [4.78, 5) is 23.2. The molecule has 0 saturated carbocycles. The van der Waals surface area contributed by atoms with Crippen LogP contribution < -0.4 is 10.1 Å². The first-order chi connectivity index (χ1) is 12.1. The molecule has 0 aliphatic carbocycles. The van der Waals surface area contributed by atoms with Crippen LogP contribution in [-0.4, -0.2) is 25.1 Å². The van der Waals surface area contributed by atoms with Gasteiger partial charge in [-0.1, -0.05) is 18.2 Å². The van der Waals surface area contributed by atoms with Gasteiger partial charge in [0.05, 0.1) is 12.5 Å². The predicted molar refractivity (Wildman–Crippen MR) is 87.2 cm³/mol. The molecular formula is C18H15FN2O4. The normalized spacial score (nSPS) is 9.76. The Balaban J connectivity index is 1.72. The number of benzene rings is 2. The molecule has 0 spiro atoms. The zero-order valence-corrected chi connectivity index (χ0v) is 13.2. The third-order valence-electron chi connectivity index (χ3n) is 3.04. The van der Waals surface area contributed by atoms with Gasteiger partial charge in [-0.2, -0.15) is 5.26 Å². The molecule has 0 atom stereocenters. The highest BCUT2D eigenvalue weighted by molar-refractivity contribution is 5.92. The second-order valence-corrected chi connectivity index (χ2v) is 4.99. The minimum absolute atomic E-state index is 0.193. The van der Waals surface area contributed by atoms with Crippen molar-refractivity contribution < 1.29 is 23.5 Å². The highest BCUT2D eigenvalue weighted by Crippen LogP contribution is 2.12. The van der Waals surface area contributed by atoms with Crippen molar-refractivity contribution in [2.45, 2.75) is 6.42 Å². The fourth-order valence-electron chi connectivity index (χ4n) is 1.88. The summed E-state index contributed by atoms with van der Waals surface area (Å²) in [5.41, 5.74) is 1.36. The Morgan fingerprint density at radius 1 is 1.12 bits per heavy atom. The minimum Gasteiger partial charge on any atom is -0.482 e. The number of hydrogen-bond acceptors (Lipinski definition) is 5. The largest absolute Gasteiger partial charge is 0.482 e. The number of hydrogen-bond donors (Lipinski definition) is 1. The van der Waals surface area contributed by atoms with Gasteiger partial charge < -0.3 is 14.8 Å². The number of nitrogens with zero attached hydrogens (tertiary/aromatic N) is 1. The minimum atomic E-state index is -0.747. The molecule has 6 nitrogen and oxygen atoms in total. The summed E-state index contributed by atoms with van der Waals surface area (Å²) in [5.74, 6) is -1.54. The van der Waals surface area contributed by atoms with Crippen molar-refractivity contribution in [3.63, 3.8) is 0 Å². The van der Waals surface area contributed by atoms with Crippen molar-refractivity contribution in [3.05, 3.63) is 59.9 Å². The number of nitriles is 1. The van der Waals surface area contributed by atoms with Crippen molar-refractivity contribution in [1.29, 1.82) is 5.26 Å². The molecule has 0 radical (unpaired) electrons. The second kappa shape index (κ2) is 9.03. The van der Waals surface area contributed by atoms with Crippen LogP contribution in [-0.2, 0) is 20.7 Å². The van der Waals surface area contributed by atoms with Crippen molar-refractivity contribution in [2.75, 3.05) is 18.5 Å². The fourth-order valence-corrected chi connectivity index (χ4v) is 1.88. The highest BCUT2D eigenvalue weighted by Gasteiger charge is 2.09. The van der Waals surface area contributed by atoms with Gasteiger partial charge in [-0.15, -0.1) is 0 Å². The van der Waals surface area contributed by atoms with Gasteiger partial charge in [-0.05, 0) is 29.8 Å². The predicted octanol–water partition coefficient (Wildman–Crippen LogP) is 2.45. The van der Waals surface area contributed by atoms with E-state index in [-0.39, 0.29) is 12.2 Å². The van der Waals surface area contributed by atoms with Crippen LogP contribution in [0.25, 0.3) is 0 Å². The molecule has 0 bridgehead atoms. The number of carbonyl (C=O) groups is 2. The zero-order valence-electron chi connectivity index (χ0n) is 13.2. The van der Waals surface area contributed by atoms with Gasteiger partial charge in [0, 0.05) is 11.8 Å². The summed E-state index contributed by atoms with van der Waals surface area (Å²) in [7, 11) is 0. The molecule has 128 valence electrons. The lowest BCUT2D eigenvalue weighted by Gasteiger charge is -2.08. The van der Waals surface area contributed by atoms with Crippen LogP contribution in [0.5, 0.6) is 5.75 Å². The maximum Gasteiger partial charge on any atom is 0.344 e. The van der Waals surface area contributed by atoms with Crippen molar-refractivity contribution in [1.82, 2.24) is 0 Å². The quantitative estimate of drug-likeness (QED) is 0.781. The second-order valence-electron chi connectivity index (χ2n) is 4.99.